The van der Waals surface area contributed by atoms with Crippen LogP contribution in [0.3, 0.4) is 0 Å². The molecule has 0 aliphatic carbocycles. The van der Waals surface area contributed by atoms with Crippen molar-refractivity contribution in [3.8, 4) is 5.88 Å². The van der Waals surface area contributed by atoms with Crippen LogP contribution in [0.15, 0.2) is 79.0 Å². The van der Waals surface area contributed by atoms with E-state index in [4.69, 9.17) is 4.74 Å². The van der Waals surface area contributed by atoms with Crippen LogP contribution in [-0.4, -0.2) is 10.9 Å². The van der Waals surface area contributed by atoms with Gasteiger partial charge in [0, 0.05) is 11.8 Å². The Labute approximate surface area is 134 Å². The number of anilines is 1. The minimum atomic E-state index is -0.192. The second-order valence-corrected chi connectivity index (χ2v) is 4.95. The maximum atomic E-state index is 12.2. The van der Waals surface area contributed by atoms with Crippen molar-refractivity contribution in [1.29, 1.82) is 0 Å². The normalized spacial score (nSPS) is 10.1. The molecular formula is C19H16N2O2. The van der Waals surface area contributed by atoms with E-state index in [1.54, 1.807) is 30.5 Å². The van der Waals surface area contributed by atoms with E-state index in [2.05, 4.69) is 10.3 Å². The molecule has 0 saturated carbocycles. The Morgan fingerprint density at radius 2 is 1.61 bits per heavy atom. The summed E-state index contributed by atoms with van der Waals surface area (Å²) in [6.07, 6.45) is 1.64. The number of hydrogen-bond acceptors (Lipinski definition) is 3. The zero-order chi connectivity index (χ0) is 15.9. The van der Waals surface area contributed by atoms with E-state index >= 15 is 0 Å². The molecule has 0 fully saturated rings. The van der Waals surface area contributed by atoms with E-state index < -0.39 is 0 Å². The summed E-state index contributed by atoms with van der Waals surface area (Å²) in [6.45, 7) is 0.395. The Hall–Kier alpha value is -3.14. The third-order valence-corrected chi connectivity index (χ3v) is 3.27. The van der Waals surface area contributed by atoms with Crippen molar-refractivity contribution in [1.82, 2.24) is 4.98 Å². The van der Waals surface area contributed by atoms with Gasteiger partial charge >= 0.3 is 0 Å². The highest BCUT2D eigenvalue weighted by atomic mass is 16.5. The van der Waals surface area contributed by atoms with E-state index in [0.717, 1.165) is 5.56 Å². The standard InChI is InChI=1S/C19H16N2O2/c22-18(16-10-5-2-6-11-16)21-17-12-7-13-20-19(17)23-14-15-8-3-1-4-9-15/h1-13H,14H2,(H,21,22). The number of carbonyl (C=O) groups is 1. The third kappa shape index (κ3) is 3.95. The van der Waals surface area contributed by atoms with Crippen LogP contribution in [0.2, 0.25) is 0 Å². The fourth-order valence-electron chi connectivity index (χ4n) is 2.11. The molecule has 0 atom stereocenters. The van der Waals surface area contributed by atoms with Crippen LogP contribution in [-0.2, 0) is 6.61 Å². The fourth-order valence-corrected chi connectivity index (χ4v) is 2.11. The Morgan fingerprint density at radius 1 is 0.913 bits per heavy atom. The first kappa shape index (κ1) is 14.8. The van der Waals surface area contributed by atoms with Gasteiger partial charge in [-0.2, -0.15) is 0 Å². The van der Waals surface area contributed by atoms with Crippen molar-refractivity contribution >= 4 is 11.6 Å². The summed E-state index contributed by atoms with van der Waals surface area (Å²) in [5, 5.41) is 2.84. The molecule has 0 aliphatic rings. The number of aromatic nitrogens is 1. The van der Waals surface area contributed by atoms with Crippen LogP contribution in [0.5, 0.6) is 5.88 Å². The average Bonchev–Trinajstić information content (AvgIpc) is 2.62. The molecule has 0 radical (unpaired) electrons. The molecule has 0 saturated heterocycles. The molecule has 1 N–H and O–H groups in total. The predicted molar refractivity (Wildman–Crippen MR) is 89.4 cm³/mol. The number of nitrogens with one attached hydrogen (secondary N) is 1. The van der Waals surface area contributed by atoms with Crippen molar-refractivity contribution in [2.75, 3.05) is 5.32 Å². The highest BCUT2D eigenvalue weighted by Gasteiger charge is 2.10. The van der Waals surface area contributed by atoms with Gasteiger partial charge in [0.1, 0.15) is 12.3 Å². The van der Waals surface area contributed by atoms with E-state index in [0.29, 0.717) is 23.7 Å². The molecule has 0 bridgehead atoms. The third-order valence-electron chi connectivity index (χ3n) is 3.27. The zero-order valence-corrected chi connectivity index (χ0v) is 12.5. The average molecular weight is 304 g/mol. The van der Waals surface area contributed by atoms with Crippen molar-refractivity contribution < 1.29 is 9.53 Å². The number of hydrogen-bond donors (Lipinski definition) is 1. The van der Waals surface area contributed by atoms with E-state index in [9.17, 15) is 4.79 Å². The number of amides is 1. The van der Waals surface area contributed by atoms with Crippen LogP contribution in [0.1, 0.15) is 15.9 Å². The molecule has 0 spiro atoms. The van der Waals surface area contributed by atoms with Gasteiger partial charge in [-0.25, -0.2) is 4.98 Å². The van der Waals surface area contributed by atoms with Crippen LogP contribution < -0.4 is 10.1 Å². The van der Waals surface area contributed by atoms with Gasteiger partial charge in [-0.15, -0.1) is 0 Å². The van der Waals surface area contributed by atoms with Crippen LogP contribution in [0.4, 0.5) is 5.69 Å². The minimum absolute atomic E-state index is 0.192. The lowest BCUT2D eigenvalue weighted by atomic mass is 10.2. The van der Waals surface area contributed by atoms with E-state index in [1.165, 1.54) is 0 Å². The van der Waals surface area contributed by atoms with E-state index in [1.807, 2.05) is 48.5 Å². The molecule has 23 heavy (non-hydrogen) atoms. The molecule has 3 aromatic rings. The summed E-state index contributed by atoms with van der Waals surface area (Å²) >= 11 is 0. The second-order valence-electron chi connectivity index (χ2n) is 4.95. The highest BCUT2D eigenvalue weighted by molar-refractivity contribution is 6.04. The smallest absolute Gasteiger partial charge is 0.255 e. The molecular weight excluding hydrogens is 288 g/mol. The number of nitrogens with zero attached hydrogens (tertiary/aromatic N) is 1. The summed E-state index contributed by atoms with van der Waals surface area (Å²) in [6, 6.07) is 22.4. The number of ether oxygens (including phenoxy) is 1. The van der Waals surface area contributed by atoms with E-state index in [-0.39, 0.29) is 5.91 Å². The molecule has 1 amide bonds. The molecule has 4 heteroatoms. The van der Waals surface area contributed by atoms with Gasteiger partial charge in [0.05, 0.1) is 0 Å². The van der Waals surface area contributed by atoms with Gasteiger partial charge < -0.3 is 10.1 Å². The first-order valence-corrected chi connectivity index (χ1v) is 7.31. The van der Waals surface area contributed by atoms with Gasteiger partial charge in [-0.3, -0.25) is 4.79 Å². The van der Waals surface area contributed by atoms with Gasteiger partial charge in [0.15, 0.2) is 0 Å². The molecule has 0 unspecified atom stereocenters. The topological polar surface area (TPSA) is 51.2 Å². The first-order chi connectivity index (χ1) is 11.3. The lowest BCUT2D eigenvalue weighted by Crippen LogP contribution is -2.13. The van der Waals surface area contributed by atoms with Gasteiger partial charge in [0.2, 0.25) is 5.88 Å². The van der Waals surface area contributed by atoms with Crippen molar-refractivity contribution in [3.63, 3.8) is 0 Å². The number of rotatable bonds is 5. The number of benzene rings is 2. The second kappa shape index (κ2) is 7.22. The van der Waals surface area contributed by atoms with Crippen LogP contribution in [0, 0.1) is 0 Å². The highest BCUT2D eigenvalue weighted by Crippen LogP contribution is 2.22. The Morgan fingerprint density at radius 3 is 2.35 bits per heavy atom. The quantitative estimate of drug-likeness (QED) is 0.777. The summed E-state index contributed by atoms with van der Waals surface area (Å²) < 4.78 is 5.73. The van der Waals surface area contributed by atoms with Crippen LogP contribution in [0.25, 0.3) is 0 Å². The molecule has 4 nitrogen and oxygen atoms in total. The van der Waals surface area contributed by atoms with Crippen molar-refractivity contribution in [3.05, 3.63) is 90.1 Å². The lowest BCUT2D eigenvalue weighted by molar-refractivity contribution is 0.102. The van der Waals surface area contributed by atoms with Gasteiger partial charge in [0.25, 0.3) is 5.91 Å². The largest absolute Gasteiger partial charge is 0.471 e. The zero-order valence-electron chi connectivity index (χ0n) is 12.5. The summed E-state index contributed by atoms with van der Waals surface area (Å²) in [4.78, 5) is 16.4. The lowest BCUT2D eigenvalue weighted by Gasteiger charge is -2.11. The maximum Gasteiger partial charge on any atom is 0.255 e. The maximum absolute atomic E-state index is 12.2. The summed E-state index contributed by atoms with van der Waals surface area (Å²) in [7, 11) is 0. The van der Waals surface area contributed by atoms with Gasteiger partial charge in [-0.1, -0.05) is 48.5 Å². The Balaban J connectivity index is 1.72. The molecule has 3 rings (SSSR count). The predicted octanol–water partition coefficient (Wildman–Crippen LogP) is 3.91. The molecule has 1 aromatic heterocycles. The van der Waals surface area contributed by atoms with Crippen molar-refractivity contribution in [2.45, 2.75) is 6.61 Å². The SMILES string of the molecule is O=C(Nc1cccnc1OCc1ccccc1)c1ccccc1. The Kier molecular flexibility index (Phi) is 4.64. The van der Waals surface area contributed by atoms with Gasteiger partial charge in [-0.05, 0) is 29.8 Å². The number of pyridine rings is 1. The molecule has 2 aromatic carbocycles. The summed E-state index contributed by atoms with van der Waals surface area (Å²) in [5.74, 6) is 0.212. The molecule has 114 valence electrons. The minimum Gasteiger partial charge on any atom is -0.471 e. The molecule has 0 aliphatic heterocycles. The fraction of sp³-hybridized carbons (Fsp3) is 0.0526. The van der Waals surface area contributed by atoms with Crippen LogP contribution >= 0.6 is 0 Å². The summed E-state index contributed by atoms with van der Waals surface area (Å²) in [5.41, 5.74) is 2.18. The van der Waals surface area contributed by atoms with Crippen molar-refractivity contribution in [2.24, 2.45) is 0 Å². The first-order valence-electron chi connectivity index (χ1n) is 7.31. The number of carbonyl (C=O) groups excluding carboxylic acids is 1. The monoisotopic (exact) mass is 304 g/mol. The Bertz CT molecular complexity index is 774. The molecule has 1 heterocycles.